The second-order valence-electron chi connectivity index (χ2n) is 5.40. The number of hydrogen-bond acceptors (Lipinski definition) is 5. The molecule has 25 heavy (non-hydrogen) atoms. The van der Waals surface area contributed by atoms with Crippen LogP contribution in [0.1, 0.15) is 10.5 Å². The molecular formula is C18H13FN2O4. The molecule has 0 aliphatic carbocycles. The molecule has 126 valence electrons. The molecule has 0 saturated heterocycles. The fourth-order valence-corrected chi connectivity index (χ4v) is 2.45. The summed E-state index contributed by atoms with van der Waals surface area (Å²) in [7, 11) is 0. The predicted octanol–water partition coefficient (Wildman–Crippen LogP) is 3.50. The van der Waals surface area contributed by atoms with Gasteiger partial charge in [0.25, 0.3) is 5.91 Å². The Kier molecular flexibility index (Phi) is 3.81. The molecule has 3 aromatic rings. The largest absolute Gasteiger partial charge is 0.486 e. The zero-order valence-corrected chi connectivity index (χ0v) is 13.0. The molecule has 2 heterocycles. The van der Waals surface area contributed by atoms with E-state index >= 15 is 0 Å². The van der Waals surface area contributed by atoms with Gasteiger partial charge in [0.15, 0.2) is 23.0 Å². The lowest BCUT2D eigenvalue weighted by atomic mass is 10.1. The summed E-state index contributed by atoms with van der Waals surface area (Å²) in [6.07, 6.45) is 0. The van der Waals surface area contributed by atoms with Crippen LogP contribution in [-0.2, 0) is 0 Å². The van der Waals surface area contributed by atoms with E-state index in [0.29, 0.717) is 41.7 Å². The third kappa shape index (κ3) is 3.16. The van der Waals surface area contributed by atoms with Crippen molar-refractivity contribution in [3.05, 3.63) is 60.0 Å². The summed E-state index contributed by atoms with van der Waals surface area (Å²) in [5, 5.41) is 6.49. The minimum absolute atomic E-state index is 0.120. The van der Waals surface area contributed by atoms with Crippen molar-refractivity contribution in [2.75, 3.05) is 18.5 Å². The van der Waals surface area contributed by atoms with Crippen molar-refractivity contribution >= 4 is 11.6 Å². The highest BCUT2D eigenvalue weighted by Gasteiger charge is 2.16. The first-order chi connectivity index (χ1) is 12.2. The average Bonchev–Trinajstić information content (AvgIpc) is 3.12. The normalized spacial score (nSPS) is 12.7. The van der Waals surface area contributed by atoms with E-state index in [-0.39, 0.29) is 11.5 Å². The van der Waals surface area contributed by atoms with Gasteiger partial charge in [-0.1, -0.05) is 5.16 Å². The van der Waals surface area contributed by atoms with Crippen LogP contribution in [0.4, 0.5) is 10.1 Å². The van der Waals surface area contributed by atoms with Crippen molar-refractivity contribution < 1.29 is 23.2 Å². The number of amides is 1. The highest BCUT2D eigenvalue weighted by atomic mass is 19.1. The molecule has 0 saturated carbocycles. The molecule has 0 atom stereocenters. The van der Waals surface area contributed by atoms with Crippen molar-refractivity contribution in [1.29, 1.82) is 0 Å². The molecule has 1 N–H and O–H groups in total. The standard InChI is InChI=1S/C18H13FN2O4/c19-12-3-1-11(2-4-12)16-10-14(21-25-16)18(22)20-13-5-6-15-17(9-13)24-8-7-23-15/h1-6,9-10H,7-8H2,(H,20,22). The van der Waals surface area contributed by atoms with E-state index in [4.69, 9.17) is 14.0 Å². The number of benzene rings is 2. The van der Waals surface area contributed by atoms with Gasteiger partial charge >= 0.3 is 0 Å². The Bertz CT molecular complexity index is 921. The number of hydrogen-bond donors (Lipinski definition) is 1. The van der Waals surface area contributed by atoms with Gasteiger partial charge in [-0.2, -0.15) is 0 Å². The third-order valence-electron chi connectivity index (χ3n) is 3.67. The van der Waals surface area contributed by atoms with Crippen LogP contribution in [-0.4, -0.2) is 24.3 Å². The first-order valence-corrected chi connectivity index (χ1v) is 7.63. The van der Waals surface area contributed by atoms with Crippen molar-refractivity contribution in [2.24, 2.45) is 0 Å². The summed E-state index contributed by atoms with van der Waals surface area (Å²) in [5.41, 5.74) is 1.31. The summed E-state index contributed by atoms with van der Waals surface area (Å²) in [4.78, 5) is 12.3. The Morgan fingerprint density at radius 1 is 1.00 bits per heavy atom. The number of ether oxygens (including phenoxy) is 2. The molecule has 0 fully saturated rings. The van der Waals surface area contributed by atoms with Crippen LogP contribution < -0.4 is 14.8 Å². The summed E-state index contributed by atoms with van der Waals surface area (Å²) < 4.78 is 29.0. The number of rotatable bonds is 3. The monoisotopic (exact) mass is 340 g/mol. The van der Waals surface area contributed by atoms with Crippen molar-refractivity contribution in [2.45, 2.75) is 0 Å². The van der Waals surface area contributed by atoms with E-state index in [1.807, 2.05) is 0 Å². The topological polar surface area (TPSA) is 73.6 Å². The van der Waals surface area contributed by atoms with Crippen LogP contribution in [0.25, 0.3) is 11.3 Å². The summed E-state index contributed by atoms with van der Waals surface area (Å²) in [6, 6.07) is 12.4. The fraction of sp³-hybridized carbons (Fsp3) is 0.111. The molecule has 6 nitrogen and oxygen atoms in total. The highest BCUT2D eigenvalue weighted by molar-refractivity contribution is 6.03. The second kappa shape index (κ2) is 6.27. The molecule has 2 aromatic carbocycles. The van der Waals surface area contributed by atoms with E-state index < -0.39 is 5.91 Å². The molecule has 0 radical (unpaired) electrons. The summed E-state index contributed by atoms with van der Waals surface area (Å²) >= 11 is 0. The number of fused-ring (bicyclic) bond motifs is 1. The fourth-order valence-electron chi connectivity index (χ4n) is 2.45. The average molecular weight is 340 g/mol. The Morgan fingerprint density at radius 2 is 1.76 bits per heavy atom. The molecule has 1 aromatic heterocycles. The zero-order chi connectivity index (χ0) is 17.2. The Labute approximate surface area is 142 Å². The lowest BCUT2D eigenvalue weighted by Gasteiger charge is -2.18. The van der Waals surface area contributed by atoms with Crippen LogP contribution in [0.3, 0.4) is 0 Å². The molecule has 1 amide bonds. The first-order valence-electron chi connectivity index (χ1n) is 7.63. The Hall–Kier alpha value is -3.35. The van der Waals surface area contributed by atoms with E-state index in [1.165, 1.54) is 18.2 Å². The van der Waals surface area contributed by atoms with Crippen LogP contribution >= 0.6 is 0 Å². The number of anilines is 1. The van der Waals surface area contributed by atoms with E-state index in [2.05, 4.69) is 10.5 Å². The lowest BCUT2D eigenvalue weighted by Crippen LogP contribution is -2.16. The van der Waals surface area contributed by atoms with Gasteiger partial charge < -0.3 is 19.3 Å². The van der Waals surface area contributed by atoms with E-state index in [9.17, 15) is 9.18 Å². The van der Waals surface area contributed by atoms with E-state index in [1.54, 1.807) is 30.3 Å². The van der Waals surface area contributed by atoms with Gasteiger partial charge in [-0.15, -0.1) is 0 Å². The second-order valence-corrected chi connectivity index (χ2v) is 5.40. The molecule has 0 bridgehead atoms. The van der Waals surface area contributed by atoms with Crippen LogP contribution in [0.15, 0.2) is 53.1 Å². The number of carbonyl (C=O) groups is 1. The smallest absolute Gasteiger partial charge is 0.277 e. The minimum atomic E-state index is -0.422. The molecule has 7 heteroatoms. The van der Waals surface area contributed by atoms with Gasteiger partial charge in [0.05, 0.1) is 0 Å². The minimum Gasteiger partial charge on any atom is -0.486 e. The maximum atomic E-state index is 13.0. The number of aromatic nitrogens is 1. The Balaban J connectivity index is 1.51. The maximum Gasteiger partial charge on any atom is 0.277 e. The van der Waals surface area contributed by atoms with Crippen LogP contribution in [0, 0.1) is 5.82 Å². The van der Waals surface area contributed by atoms with E-state index in [0.717, 1.165) is 0 Å². The number of halogens is 1. The first kappa shape index (κ1) is 15.2. The lowest BCUT2D eigenvalue weighted by molar-refractivity contribution is 0.101. The number of carbonyl (C=O) groups excluding carboxylic acids is 1. The molecule has 0 spiro atoms. The van der Waals surface area contributed by atoms with Crippen molar-refractivity contribution in [3.63, 3.8) is 0 Å². The molecule has 0 unspecified atom stereocenters. The summed E-state index contributed by atoms with van der Waals surface area (Å²) in [6.45, 7) is 0.971. The van der Waals surface area contributed by atoms with Crippen molar-refractivity contribution in [3.8, 4) is 22.8 Å². The molecule has 1 aliphatic rings. The summed E-state index contributed by atoms with van der Waals surface area (Å²) in [5.74, 6) is 0.835. The van der Waals surface area contributed by atoms with Gasteiger partial charge in [0.1, 0.15) is 19.0 Å². The highest BCUT2D eigenvalue weighted by Crippen LogP contribution is 2.32. The predicted molar refractivity (Wildman–Crippen MR) is 87.3 cm³/mol. The Morgan fingerprint density at radius 3 is 2.56 bits per heavy atom. The van der Waals surface area contributed by atoms with Gasteiger partial charge in [-0.3, -0.25) is 4.79 Å². The number of nitrogens with one attached hydrogen (secondary N) is 1. The third-order valence-corrected chi connectivity index (χ3v) is 3.67. The van der Waals surface area contributed by atoms with Gasteiger partial charge in [-0.25, -0.2) is 4.39 Å². The molecule has 1 aliphatic heterocycles. The van der Waals surface area contributed by atoms with Crippen molar-refractivity contribution in [1.82, 2.24) is 5.16 Å². The maximum absolute atomic E-state index is 13.0. The molecular weight excluding hydrogens is 327 g/mol. The van der Waals surface area contributed by atoms with Gasteiger partial charge in [-0.05, 0) is 36.4 Å². The zero-order valence-electron chi connectivity index (χ0n) is 13.0. The van der Waals surface area contributed by atoms with Crippen LogP contribution in [0.2, 0.25) is 0 Å². The molecule has 4 rings (SSSR count). The SMILES string of the molecule is O=C(Nc1ccc2c(c1)OCCO2)c1cc(-c2ccc(F)cc2)on1. The van der Waals surface area contributed by atoms with Gasteiger partial charge in [0, 0.05) is 23.4 Å². The number of nitrogens with zero attached hydrogens (tertiary/aromatic N) is 1. The van der Waals surface area contributed by atoms with Crippen LogP contribution in [0.5, 0.6) is 11.5 Å². The quantitative estimate of drug-likeness (QED) is 0.790. The van der Waals surface area contributed by atoms with Gasteiger partial charge in [0.2, 0.25) is 0 Å².